The van der Waals surface area contributed by atoms with Crippen molar-refractivity contribution < 1.29 is 9.13 Å². The fourth-order valence-electron chi connectivity index (χ4n) is 4.84. The van der Waals surface area contributed by atoms with Crippen LogP contribution in [0, 0.1) is 15.5 Å². The van der Waals surface area contributed by atoms with Crippen LogP contribution in [0.25, 0.3) is 0 Å². The standard InChI is InChI=1S/C23H31ClN6O3S2/c1-22(2,3)35(33)28-17-8-5-9-23(17)10-12-29(13-11-23)18-14-26-21(20(25)27-18)34-16-7-4-6-15(19(16)24)30(31)32/h4,6-7,14,17,28H,5,8-13H2,1-3H3,(H2,25,27). The van der Waals surface area contributed by atoms with Gasteiger partial charge >= 0.3 is 0 Å². The van der Waals surface area contributed by atoms with Gasteiger partial charge in [-0.25, -0.2) is 18.9 Å². The summed E-state index contributed by atoms with van der Waals surface area (Å²) in [4.78, 5) is 22.4. The van der Waals surface area contributed by atoms with Gasteiger partial charge in [-0.1, -0.05) is 35.9 Å². The van der Waals surface area contributed by atoms with Gasteiger partial charge < -0.3 is 10.6 Å². The van der Waals surface area contributed by atoms with Gasteiger partial charge in [-0.05, 0) is 57.9 Å². The van der Waals surface area contributed by atoms with Gasteiger partial charge in [0.05, 0.1) is 26.9 Å². The van der Waals surface area contributed by atoms with Crippen molar-refractivity contribution in [3.05, 3.63) is 39.5 Å². The molecule has 9 nitrogen and oxygen atoms in total. The van der Waals surface area contributed by atoms with Crippen LogP contribution >= 0.6 is 23.4 Å². The zero-order valence-electron chi connectivity index (χ0n) is 20.1. The molecule has 2 unspecified atom stereocenters. The number of nitrogens with one attached hydrogen (secondary N) is 1. The minimum absolute atomic E-state index is 0.0567. The number of anilines is 2. The van der Waals surface area contributed by atoms with Crippen LogP contribution in [0.1, 0.15) is 52.9 Å². The van der Waals surface area contributed by atoms with Crippen molar-refractivity contribution in [3.63, 3.8) is 0 Å². The van der Waals surface area contributed by atoms with E-state index < -0.39 is 15.9 Å². The summed E-state index contributed by atoms with van der Waals surface area (Å²) < 4.78 is 15.9. The SMILES string of the molecule is CC(C)(C)S(=O)NC1CCCC12CCN(c1cnc(Sc3cccc([N+](=O)[O-])c3Cl)c(N)n1)CC2. The molecule has 1 aromatic heterocycles. The predicted molar refractivity (Wildman–Crippen MR) is 141 cm³/mol. The molecular weight excluding hydrogens is 508 g/mol. The molecule has 12 heteroatoms. The molecule has 0 bridgehead atoms. The van der Waals surface area contributed by atoms with Crippen molar-refractivity contribution in [1.29, 1.82) is 0 Å². The summed E-state index contributed by atoms with van der Waals surface area (Å²) in [6.45, 7) is 7.66. The monoisotopic (exact) mass is 538 g/mol. The molecule has 190 valence electrons. The maximum atomic E-state index is 12.7. The molecule has 2 atom stereocenters. The first-order valence-electron chi connectivity index (χ1n) is 11.7. The quantitative estimate of drug-likeness (QED) is 0.390. The van der Waals surface area contributed by atoms with E-state index in [0.29, 0.717) is 15.7 Å². The summed E-state index contributed by atoms with van der Waals surface area (Å²) in [5.41, 5.74) is 6.21. The molecule has 1 aliphatic carbocycles. The van der Waals surface area contributed by atoms with E-state index in [2.05, 4.69) is 19.6 Å². The highest BCUT2D eigenvalue weighted by Crippen LogP contribution is 2.47. The molecule has 1 saturated carbocycles. The smallest absolute Gasteiger partial charge is 0.289 e. The van der Waals surface area contributed by atoms with Gasteiger partial charge in [0, 0.05) is 30.1 Å². The average Bonchev–Trinajstić information content (AvgIpc) is 3.17. The normalized spacial score (nSPS) is 20.8. The highest BCUT2D eigenvalue weighted by molar-refractivity contribution is 7.99. The fraction of sp³-hybridized carbons (Fsp3) is 0.565. The molecule has 2 fully saturated rings. The molecule has 4 rings (SSSR count). The lowest BCUT2D eigenvalue weighted by atomic mass is 9.74. The van der Waals surface area contributed by atoms with Crippen molar-refractivity contribution >= 4 is 51.7 Å². The Morgan fingerprint density at radius 2 is 2.03 bits per heavy atom. The van der Waals surface area contributed by atoms with Crippen molar-refractivity contribution in [2.45, 2.75) is 73.6 Å². The van der Waals surface area contributed by atoms with Gasteiger partial charge in [0.1, 0.15) is 15.9 Å². The highest BCUT2D eigenvalue weighted by atomic mass is 35.5. The van der Waals surface area contributed by atoms with E-state index in [1.54, 1.807) is 18.3 Å². The number of aromatic nitrogens is 2. The predicted octanol–water partition coefficient (Wildman–Crippen LogP) is 4.96. The molecule has 1 aromatic carbocycles. The summed E-state index contributed by atoms with van der Waals surface area (Å²) in [6.07, 6.45) is 7.04. The van der Waals surface area contributed by atoms with Gasteiger partial charge in [0.25, 0.3) is 5.69 Å². The largest absolute Gasteiger partial charge is 0.381 e. The first-order valence-corrected chi connectivity index (χ1v) is 14.0. The van der Waals surface area contributed by atoms with E-state index in [1.807, 2.05) is 20.8 Å². The van der Waals surface area contributed by atoms with Gasteiger partial charge in [0.2, 0.25) is 0 Å². The van der Waals surface area contributed by atoms with Crippen LogP contribution in [-0.2, 0) is 11.0 Å². The summed E-state index contributed by atoms with van der Waals surface area (Å²) in [5, 5.41) is 11.7. The number of hydrogen-bond donors (Lipinski definition) is 2. The van der Waals surface area contributed by atoms with Gasteiger partial charge in [-0.3, -0.25) is 10.1 Å². The third kappa shape index (κ3) is 5.58. The van der Waals surface area contributed by atoms with E-state index in [1.165, 1.54) is 6.07 Å². The number of benzene rings is 1. The Morgan fingerprint density at radius 3 is 2.66 bits per heavy atom. The van der Waals surface area contributed by atoms with E-state index in [9.17, 15) is 14.3 Å². The average molecular weight is 539 g/mol. The molecule has 0 radical (unpaired) electrons. The van der Waals surface area contributed by atoms with Crippen LogP contribution in [0.3, 0.4) is 0 Å². The molecule has 3 N–H and O–H groups in total. The Balaban J connectivity index is 1.43. The molecule has 35 heavy (non-hydrogen) atoms. The number of rotatable bonds is 6. The lowest BCUT2D eigenvalue weighted by molar-refractivity contribution is -0.384. The Hall–Kier alpha value is -1.95. The number of nitro groups is 1. The second kappa shape index (κ2) is 10.2. The summed E-state index contributed by atoms with van der Waals surface area (Å²) in [6, 6.07) is 4.90. The summed E-state index contributed by atoms with van der Waals surface area (Å²) in [5.74, 6) is 0.976. The van der Waals surface area contributed by atoms with E-state index in [4.69, 9.17) is 17.3 Å². The second-order valence-corrected chi connectivity index (χ2v) is 13.6. The van der Waals surface area contributed by atoms with E-state index >= 15 is 0 Å². The van der Waals surface area contributed by atoms with Crippen LogP contribution in [0.4, 0.5) is 17.3 Å². The Morgan fingerprint density at radius 1 is 1.31 bits per heavy atom. The minimum atomic E-state index is -1.08. The lowest BCUT2D eigenvalue weighted by Gasteiger charge is -2.44. The topological polar surface area (TPSA) is 127 Å². The van der Waals surface area contributed by atoms with Crippen LogP contribution in [-0.4, -0.2) is 43.0 Å². The lowest BCUT2D eigenvalue weighted by Crippen LogP contribution is -2.51. The van der Waals surface area contributed by atoms with Crippen LogP contribution in [0.5, 0.6) is 0 Å². The van der Waals surface area contributed by atoms with Crippen LogP contribution < -0.4 is 15.4 Å². The number of hydrogen-bond acceptors (Lipinski definition) is 8. The van der Waals surface area contributed by atoms with Gasteiger partial charge in [-0.15, -0.1) is 0 Å². The Labute approximate surface area is 217 Å². The second-order valence-electron chi connectivity index (χ2n) is 10.2. The van der Waals surface area contributed by atoms with E-state index in [0.717, 1.165) is 57.0 Å². The van der Waals surface area contributed by atoms with Crippen molar-refractivity contribution in [2.75, 3.05) is 23.7 Å². The zero-order valence-corrected chi connectivity index (χ0v) is 22.5. The molecule has 2 aromatic rings. The first kappa shape index (κ1) is 26.1. The van der Waals surface area contributed by atoms with Gasteiger partial charge in [-0.2, -0.15) is 0 Å². The summed E-state index contributed by atoms with van der Waals surface area (Å²) in [7, 11) is -1.08. The number of nitrogens with two attached hydrogens (primary N) is 1. The molecule has 1 spiro atoms. The van der Waals surface area contributed by atoms with Crippen LogP contribution in [0.2, 0.25) is 5.02 Å². The minimum Gasteiger partial charge on any atom is -0.381 e. The number of piperidine rings is 1. The summed E-state index contributed by atoms with van der Waals surface area (Å²) >= 11 is 7.36. The number of halogens is 1. The number of nitrogens with zero attached hydrogens (tertiary/aromatic N) is 4. The Bertz CT molecular complexity index is 1130. The molecule has 2 aliphatic rings. The first-order chi connectivity index (χ1) is 16.5. The van der Waals surface area contributed by atoms with Gasteiger partial charge in [0.15, 0.2) is 5.82 Å². The maximum absolute atomic E-state index is 12.7. The van der Waals surface area contributed by atoms with Crippen molar-refractivity contribution in [2.24, 2.45) is 5.41 Å². The zero-order chi connectivity index (χ0) is 25.4. The van der Waals surface area contributed by atoms with Crippen molar-refractivity contribution in [3.8, 4) is 0 Å². The third-order valence-corrected chi connectivity index (χ3v) is 10.1. The van der Waals surface area contributed by atoms with Crippen molar-refractivity contribution in [1.82, 2.24) is 14.7 Å². The molecule has 1 aliphatic heterocycles. The molecular formula is C23H31ClN6O3S2. The van der Waals surface area contributed by atoms with E-state index in [-0.39, 0.29) is 32.7 Å². The maximum Gasteiger partial charge on any atom is 0.289 e. The molecule has 0 amide bonds. The highest BCUT2D eigenvalue weighted by Gasteiger charge is 2.46. The Kier molecular flexibility index (Phi) is 7.61. The van der Waals surface area contributed by atoms with Crippen LogP contribution in [0.15, 0.2) is 34.3 Å². The third-order valence-electron chi connectivity index (χ3n) is 6.89. The number of nitro benzene ring substituents is 1. The molecule has 2 heterocycles. The fourth-order valence-corrected chi connectivity index (χ4v) is 6.94. The number of nitrogen functional groups attached to an aromatic ring is 1. The molecule has 1 saturated heterocycles.